The second-order valence-corrected chi connectivity index (χ2v) is 5.10. The zero-order valence-corrected chi connectivity index (χ0v) is 11.2. The first-order chi connectivity index (χ1) is 9.14. The fraction of sp³-hybridized carbons (Fsp3) is 0.714. The van der Waals surface area contributed by atoms with Crippen molar-refractivity contribution in [3.63, 3.8) is 0 Å². The topological polar surface area (TPSA) is 0 Å². The van der Waals surface area contributed by atoms with Crippen molar-refractivity contribution in [2.45, 2.75) is 57.8 Å². The van der Waals surface area contributed by atoms with E-state index in [0.717, 1.165) is 25.3 Å². The molecule has 0 nitrogen and oxygen atoms in total. The Morgan fingerprint density at radius 2 is 1.65 bits per heavy atom. The highest BCUT2D eigenvalue weighted by Gasteiger charge is 2.41. The maximum atomic E-state index is 12.7. The van der Waals surface area contributed by atoms with E-state index in [4.69, 9.17) is 0 Å². The summed E-state index contributed by atoms with van der Waals surface area (Å²) in [6.45, 7) is 1.99. The van der Waals surface area contributed by atoms with Crippen molar-refractivity contribution >= 4 is 0 Å². The highest BCUT2D eigenvalue weighted by molar-refractivity contribution is 5.34. The van der Waals surface area contributed by atoms with Gasteiger partial charge in [0.15, 0.2) is 0 Å². The van der Waals surface area contributed by atoms with E-state index < -0.39 is 29.4 Å². The molecule has 20 heavy (non-hydrogen) atoms. The molecule has 0 bridgehead atoms. The van der Waals surface area contributed by atoms with E-state index in [0.29, 0.717) is 12.8 Å². The zero-order chi connectivity index (χ0) is 15.4. The standard InChI is InChI=1S/C14H18F6/c1-2-3-4-5-6-10-7-11(13(15,16)17)9-12(8-10)14(18,19)20/h7,9-10H,2-6,8H2,1H3. The summed E-state index contributed by atoms with van der Waals surface area (Å²) in [5, 5.41) is 0. The van der Waals surface area contributed by atoms with Gasteiger partial charge < -0.3 is 0 Å². The maximum absolute atomic E-state index is 12.7. The SMILES string of the molecule is CCCCCCC1C=C(C(F)(F)F)C=C(C(F)(F)F)C1. The Morgan fingerprint density at radius 3 is 2.15 bits per heavy atom. The van der Waals surface area contributed by atoms with Gasteiger partial charge in [0.05, 0.1) is 5.57 Å². The van der Waals surface area contributed by atoms with Crippen LogP contribution in [0.5, 0.6) is 0 Å². The Morgan fingerprint density at radius 1 is 1.00 bits per heavy atom. The summed E-state index contributed by atoms with van der Waals surface area (Å²) < 4.78 is 75.9. The van der Waals surface area contributed by atoms with E-state index in [1.165, 1.54) is 0 Å². The van der Waals surface area contributed by atoms with Gasteiger partial charge in [-0.2, -0.15) is 26.3 Å². The fourth-order valence-corrected chi connectivity index (χ4v) is 2.28. The minimum absolute atomic E-state index is 0.239. The number of rotatable bonds is 5. The van der Waals surface area contributed by atoms with Gasteiger partial charge in [-0.05, 0) is 24.8 Å². The summed E-state index contributed by atoms with van der Waals surface area (Å²) in [4.78, 5) is 0. The first-order valence-electron chi connectivity index (χ1n) is 6.71. The van der Waals surface area contributed by atoms with Crippen LogP contribution in [0.4, 0.5) is 26.3 Å². The second kappa shape index (κ2) is 6.68. The molecule has 6 heteroatoms. The molecule has 0 aromatic heterocycles. The quantitative estimate of drug-likeness (QED) is 0.434. The Hall–Kier alpha value is -0.940. The number of unbranched alkanes of at least 4 members (excludes halogenated alkanes) is 3. The van der Waals surface area contributed by atoms with Gasteiger partial charge >= 0.3 is 12.4 Å². The molecule has 0 spiro atoms. The van der Waals surface area contributed by atoms with Crippen molar-refractivity contribution < 1.29 is 26.3 Å². The lowest BCUT2D eigenvalue weighted by Crippen LogP contribution is -2.22. The van der Waals surface area contributed by atoms with Gasteiger partial charge in [0.25, 0.3) is 0 Å². The fourth-order valence-electron chi connectivity index (χ4n) is 2.28. The Kier molecular flexibility index (Phi) is 5.71. The molecule has 0 aromatic carbocycles. The number of hydrogen-bond donors (Lipinski definition) is 0. The van der Waals surface area contributed by atoms with Crippen LogP contribution in [-0.4, -0.2) is 12.4 Å². The molecule has 0 aromatic rings. The Labute approximate surface area is 114 Å². The van der Waals surface area contributed by atoms with E-state index in [-0.39, 0.29) is 12.5 Å². The number of allylic oxidation sites excluding steroid dienone is 4. The van der Waals surface area contributed by atoms with Crippen LogP contribution in [0, 0.1) is 5.92 Å². The third-order valence-corrected chi connectivity index (χ3v) is 3.35. The van der Waals surface area contributed by atoms with Gasteiger partial charge in [-0.3, -0.25) is 0 Å². The van der Waals surface area contributed by atoms with Crippen LogP contribution >= 0.6 is 0 Å². The van der Waals surface area contributed by atoms with Gasteiger partial charge in [0, 0.05) is 5.57 Å². The summed E-state index contributed by atoms with van der Waals surface area (Å²) in [5.74, 6) is -0.676. The van der Waals surface area contributed by atoms with Crippen LogP contribution in [0.1, 0.15) is 45.4 Å². The van der Waals surface area contributed by atoms with E-state index in [9.17, 15) is 26.3 Å². The first-order valence-corrected chi connectivity index (χ1v) is 6.71. The van der Waals surface area contributed by atoms with E-state index in [1.54, 1.807) is 0 Å². The molecule has 1 aliphatic carbocycles. The molecule has 0 aliphatic heterocycles. The van der Waals surface area contributed by atoms with E-state index in [2.05, 4.69) is 0 Å². The largest absolute Gasteiger partial charge is 0.416 e. The monoisotopic (exact) mass is 300 g/mol. The smallest absolute Gasteiger partial charge is 0.166 e. The molecule has 0 radical (unpaired) electrons. The second-order valence-electron chi connectivity index (χ2n) is 5.10. The molecule has 1 unspecified atom stereocenters. The molecule has 116 valence electrons. The Bertz CT molecular complexity index is 372. The third kappa shape index (κ3) is 5.21. The summed E-state index contributed by atoms with van der Waals surface area (Å²) in [6, 6.07) is 0. The molecule has 1 atom stereocenters. The van der Waals surface area contributed by atoms with Gasteiger partial charge in [0.2, 0.25) is 0 Å². The normalized spacial score (nSPS) is 20.6. The molecule has 0 saturated heterocycles. The molecule has 0 fully saturated rings. The minimum Gasteiger partial charge on any atom is -0.166 e. The average Bonchev–Trinajstić information content (AvgIpc) is 2.32. The minimum atomic E-state index is -4.72. The number of hydrogen-bond acceptors (Lipinski definition) is 0. The van der Waals surface area contributed by atoms with Crippen molar-refractivity contribution in [2.75, 3.05) is 0 Å². The highest BCUT2D eigenvalue weighted by Crippen LogP contribution is 2.41. The predicted octanol–water partition coefficient (Wildman–Crippen LogP) is 5.95. The van der Waals surface area contributed by atoms with Crippen LogP contribution in [0.2, 0.25) is 0 Å². The van der Waals surface area contributed by atoms with Crippen LogP contribution in [0.15, 0.2) is 23.3 Å². The van der Waals surface area contributed by atoms with Crippen molar-refractivity contribution in [3.8, 4) is 0 Å². The predicted molar refractivity (Wildman–Crippen MR) is 65.1 cm³/mol. The number of halogens is 6. The lowest BCUT2D eigenvalue weighted by Gasteiger charge is -2.24. The van der Waals surface area contributed by atoms with Gasteiger partial charge in [-0.25, -0.2) is 0 Å². The van der Waals surface area contributed by atoms with Crippen LogP contribution in [0.3, 0.4) is 0 Å². The van der Waals surface area contributed by atoms with Gasteiger partial charge in [-0.15, -0.1) is 0 Å². The molecular formula is C14H18F6. The van der Waals surface area contributed by atoms with Gasteiger partial charge in [-0.1, -0.05) is 38.7 Å². The first kappa shape index (κ1) is 17.1. The van der Waals surface area contributed by atoms with Crippen molar-refractivity contribution in [3.05, 3.63) is 23.3 Å². The molecule has 0 amide bonds. The molecule has 1 rings (SSSR count). The van der Waals surface area contributed by atoms with Crippen LogP contribution in [-0.2, 0) is 0 Å². The summed E-state index contributed by atoms with van der Waals surface area (Å²) >= 11 is 0. The van der Waals surface area contributed by atoms with Gasteiger partial charge in [0.1, 0.15) is 0 Å². The molecule has 0 heterocycles. The van der Waals surface area contributed by atoms with Crippen molar-refractivity contribution in [1.82, 2.24) is 0 Å². The average molecular weight is 300 g/mol. The van der Waals surface area contributed by atoms with Crippen molar-refractivity contribution in [2.24, 2.45) is 5.92 Å². The summed E-state index contributed by atoms with van der Waals surface area (Å²) in [6.07, 6.45) is -4.79. The highest BCUT2D eigenvalue weighted by atomic mass is 19.4. The molecule has 0 N–H and O–H groups in total. The zero-order valence-electron chi connectivity index (χ0n) is 11.2. The lowest BCUT2D eigenvalue weighted by molar-refractivity contribution is -0.100. The summed E-state index contributed by atoms with van der Waals surface area (Å²) in [7, 11) is 0. The van der Waals surface area contributed by atoms with E-state index >= 15 is 0 Å². The van der Waals surface area contributed by atoms with Crippen LogP contribution < -0.4 is 0 Å². The Balaban J connectivity index is 2.79. The molecule has 1 aliphatic rings. The third-order valence-electron chi connectivity index (χ3n) is 3.35. The van der Waals surface area contributed by atoms with Crippen LogP contribution in [0.25, 0.3) is 0 Å². The maximum Gasteiger partial charge on any atom is 0.416 e. The summed E-state index contributed by atoms with van der Waals surface area (Å²) in [5.41, 5.74) is -2.25. The lowest BCUT2D eigenvalue weighted by atomic mass is 9.86. The number of alkyl halides is 6. The molecule has 0 saturated carbocycles. The van der Waals surface area contributed by atoms with E-state index in [1.807, 2.05) is 6.92 Å². The molecular weight excluding hydrogens is 282 g/mol. The van der Waals surface area contributed by atoms with Crippen molar-refractivity contribution in [1.29, 1.82) is 0 Å².